The van der Waals surface area contributed by atoms with E-state index in [2.05, 4.69) is 23.5 Å². The fraction of sp³-hybridized carbons (Fsp3) is 0.944. The summed E-state index contributed by atoms with van der Waals surface area (Å²) in [6.07, 6.45) is 5.92. The quantitative estimate of drug-likeness (QED) is 0.787. The predicted molar refractivity (Wildman–Crippen MR) is 95.9 cm³/mol. The van der Waals surface area contributed by atoms with Crippen LogP contribution in [0.25, 0.3) is 0 Å². The Balaban J connectivity index is 0.000000392. The second-order valence-electron chi connectivity index (χ2n) is 5.86. The molecule has 0 aromatic heterocycles. The van der Waals surface area contributed by atoms with Crippen molar-refractivity contribution >= 4 is 6.09 Å². The molecule has 0 aromatic rings. The van der Waals surface area contributed by atoms with Crippen molar-refractivity contribution in [3.8, 4) is 0 Å². The molecule has 1 unspecified atom stereocenters. The van der Waals surface area contributed by atoms with Crippen LogP contribution in [0.4, 0.5) is 4.79 Å². The van der Waals surface area contributed by atoms with E-state index in [1.54, 1.807) is 4.90 Å². The molecule has 2 fully saturated rings. The molecule has 138 valence electrons. The molecule has 1 amide bonds. The molecule has 2 heterocycles. The molecule has 0 aliphatic carbocycles. The minimum atomic E-state index is -0.187. The van der Waals surface area contributed by atoms with Crippen LogP contribution in [0.2, 0.25) is 0 Å². The summed E-state index contributed by atoms with van der Waals surface area (Å²) in [5.74, 6) is 0. The van der Waals surface area contributed by atoms with E-state index < -0.39 is 0 Å². The van der Waals surface area contributed by atoms with Gasteiger partial charge >= 0.3 is 6.09 Å². The van der Waals surface area contributed by atoms with Crippen molar-refractivity contribution in [2.45, 2.75) is 65.3 Å². The molecule has 1 atom stereocenters. The van der Waals surface area contributed by atoms with E-state index in [1.165, 1.54) is 32.9 Å². The third kappa shape index (κ3) is 6.68. The third-order valence-electron chi connectivity index (χ3n) is 4.73. The van der Waals surface area contributed by atoms with Gasteiger partial charge in [-0.1, -0.05) is 27.7 Å². The van der Waals surface area contributed by atoms with Gasteiger partial charge in [0, 0.05) is 25.7 Å². The molecule has 5 nitrogen and oxygen atoms in total. The fourth-order valence-electron chi connectivity index (χ4n) is 3.45. The van der Waals surface area contributed by atoms with Crippen LogP contribution >= 0.6 is 0 Å². The molecule has 0 aromatic carbocycles. The van der Waals surface area contributed by atoms with E-state index >= 15 is 0 Å². The smallest absolute Gasteiger partial charge is 0.409 e. The van der Waals surface area contributed by atoms with Gasteiger partial charge in [-0.15, -0.1) is 0 Å². The SMILES string of the molecule is CC.CCN1CCCC1(CC)COC.COC(=O)N1CCCC1. The highest BCUT2D eigenvalue weighted by atomic mass is 16.5. The van der Waals surface area contributed by atoms with E-state index in [-0.39, 0.29) is 6.09 Å². The maximum Gasteiger partial charge on any atom is 0.409 e. The maximum absolute atomic E-state index is 10.7. The zero-order valence-corrected chi connectivity index (χ0v) is 16.2. The standard InChI is InChI=1S/C10H21NO.C6H11NO2.C2H6/c1-4-10(9-12-3)7-6-8-11(10)5-2;1-9-6(8)7-4-2-3-5-7;1-2/h4-9H2,1-3H3;2-5H2,1H3;1-2H3. The van der Waals surface area contributed by atoms with Gasteiger partial charge in [0.2, 0.25) is 0 Å². The lowest BCUT2D eigenvalue weighted by molar-refractivity contribution is 0.0381. The van der Waals surface area contributed by atoms with Gasteiger partial charge in [0.1, 0.15) is 0 Å². The third-order valence-corrected chi connectivity index (χ3v) is 4.73. The summed E-state index contributed by atoms with van der Waals surface area (Å²) in [5.41, 5.74) is 0.365. The van der Waals surface area contributed by atoms with Crippen LogP contribution in [0, 0.1) is 0 Å². The normalized spacial score (nSPS) is 23.7. The first-order chi connectivity index (χ1) is 11.1. The number of likely N-dealkylation sites (tertiary alicyclic amines) is 2. The Hall–Kier alpha value is -0.810. The first-order valence-corrected chi connectivity index (χ1v) is 9.20. The highest BCUT2D eigenvalue weighted by molar-refractivity contribution is 5.67. The first kappa shape index (κ1) is 22.2. The Morgan fingerprint density at radius 3 is 2.09 bits per heavy atom. The van der Waals surface area contributed by atoms with E-state index in [4.69, 9.17) is 4.74 Å². The van der Waals surface area contributed by atoms with Gasteiger partial charge in [-0.2, -0.15) is 0 Å². The van der Waals surface area contributed by atoms with Crippen molar-refractivity contribution in [3.63, 3.8) is 0 Å². The Kier molecular flexibility index (Phi) is 12.1. The number of methoxy groups -OCH3 is 2. The molecule has 2 saturated heterocycles. The molecule has 23 heavy (non-hydrogen) atoms. The van der Waals surface area contributed by atoms with Crippen LogP contribution in [-0.4, -0.2) is 68.4 Å². The Morgan fingerprint density at radius 1 is 1.04 bits per heavy atom. The van der Waals surface area contributed by atoms with Crippen LogP contribution in [0.15, 0.2) is 0 Å². The molecule has 0 N–H and O–H groups in total. The van der Waals surface area contributed by atoms with Gasteiger partial charge in [0.25, 0.3) is 0 Å². The van der Waals surface area contributed by atoms with Crippen molar-refractivity contribution in [3.05, 3.63) is 0 Å². The topological polar surface area (TPSA) is 42.0 Å². The number of amides is 1. The molecule has 2 aliphatic heterocycles. The predicted octanol–water partition coefficient (Wildman–Crippen LogP) is 3.77. The summed E-state index contributed by atoms with van der Waals surface area (Å²) in [6, 6.07) is 0. The van der Waals surface area contributed by atoms with Crippen LogP contribution in [0.1, 0.15) is 59.8 Å². The number of likely N-dealkylation sites (N-methyl/N-ethyl adjacent to an activating group) is 1. The van der Waals surface area contributed by atoms with Crippen molar-refractivity contribution < 1.29 is 14.3 Å². The average molecular weight is 331 g/mol. The van der Waals surface area contributed by atoms with Gasteiger partial charge in [0.15, 0.2) is 0 Å². The number of rotatable bonds is 4. The van der Waals surface area contributed by atoms with E-state index in [0.29, 0.717) is 5.54 Å². The molecule has 0 saturated carbocycles. The lowest BCUT2D eigenvalue weighted by Crippen LogP contribution is -2.46. The van der Waals surface area contributed by atoms with Gasteiger partial charge in [-0.05, 0) is 45.2 Å². The maximum atomic E-state index is 10.7. The fourth-order valence-corrected chi connectivity index (χ4v) is 3.45. The van der Waals surface area contributed by atoms with Crippen molar-refractivity contribution in [2.75, 3.05) is 47.0 Å². The van der Waals surface area contributed by atoms with Gasteiger partial charge in [-0.25, -0.2) is 4.79 Å². The van der Waals surface area contributed by atoms with Crippen molar-refractivity contribution in [1.82, 2.24) is 9.80 Å². The highest BCUT2D eigenvalue weighted by Crippen LogP contribution is 2.32. The average Bonchev–Trinajstić information content (AvgIpc) is 3.27. The molecule has 2 rings (SSSR count). The number of ether oxygens (including phenoxy) is 2. The summed E-state index contributed by atoms with van der Waals surface area (Å²) in [4.78, 5) is 15.0. The van der Waals surface area contributed by atoms with Crippen molar-refractivity contribution in [2.24, 2.45) is 0 Å². The Bertz CT molecular complexity index is 307. The van der Waals surface area contributed by atoms with E-state index in [0.717, 1.165) is 39.1 Å². The summed E-state index contributed by atoms with van der Waals surface area (Å²) in [7, 11) is 3.23. The molecule has 5 heteroatoms. The van der Waals surface area contributed by atoms with Crippen LogP contribution in [-0.2, 0) is 9.47 Å². The lowest BCUT2D eigenvalue weighted by atomic mass is 9.94. The van der Waals surface area contributed by atoms with Crippen LogP contribution < -0.4 is 0 Å². The van der Waals surface area contributed by atoms with E-state index in [1.807, 2.05) is 21.0 Å². The summed E-state index contributed by atoms with van der Waals surface area (Å²) < 4.78 is 9.83. The molecular weight excluding hydrogens is 292 g/mol. The number of hydrogen-bond acceptors (Lipinski definition) is 4. The molecule has 2 aliphatic rings. The Morgan fingerprint density at radius 2 is 1.65 bits per heavy atom. The molecule has 0 spiro atoms. The zero-order valence-electron chi connectivity index (χ0n) is 16.2. The zero-order chi connectivity index (χ0) is 17.7. The first-order valence-electron chi connectivity index (χ1n) is 9.20. The van der Waals surface area contributed by atoms with Crippen molar-refractivity contribution in [1.29, 1.82) is 0 Å². The van der Waals surface area contributed by atoms with E-state index in [9.17, 15) is 4.79 Å². The van der Waals surface area contributed by atoms with Gasteiger partial charge in [0.05, 0.1) is 13.7 Å². The number of hydrogen-bond donors (Lipinski definition) is 0. The second-order valence-corrected chi connectivity index (χ2v) is 5.86. The summed E-state index contributed by atoms with van der Waals surface area (Å²) in [6.45, 7) is 13.6. The largest absolute Gasteiger partial charge is 0.453 e. The number of carbonyl (C=O) groups is 1. The monoisotopic (exact) mass is 330 g/mol. The summed E-state index contributed by atoms with van der Waals surface area (Å²) in [5, 5.41) is 0. The van der Waals surface area contributed by atoms with Crippen LogP contribution in [0.5, 0.6) is 0 Å². The molecular formula is C18H38N2O3. The van der Waals surface area contributed by atoms with Gasteiger partial charge < -0.3 is 14.4 Å². The number of carbonyl (C=O) groups excluding carboxylic acids is 1. The summed E-state index contributed by atoms with van der Waals surface area (Å²) >= 11 is 0. The highest BCUT2D eigenvalue weighted by Gasteiger charge is 2.38. The Labute approximate surface area is 143 Å². The molecule has 0 bridgehead atoms. The second kappa shape index (κ2) is 12.6. The minimum absolute atomic E-state index is 0.187. The minimum Gasteiger partial charge on any atom is -0.453 e. The lowest BCUT2D eigenvalue weighted by Gasteiger charge is -2.36. The number of nitrogens with zero attached hydrogens (tertiary/aromatic N) is 2. The van der Waals surface area contributed by atoms with Gasteiger partial charge in [-0.3, -0.25) is 4.90 Å². The molecule has 0 radical (unpaired) electrons. The van der Waals surface area contributed by atoms with Crippen LogP contribution in [0.3, 0.4) is 0 Å².